The molecule has 1 aliphatic carbocycles. The van der Waals surface area contributed by atoms with E-state index in [0.717, 1.165) is 60.4 Å². The van der Waals surface area contributed by atoms with Crippen LogP contribution in [-0.2, 0) is 0 Å². The number of pyridine rings is 1. The van der Waals surface area contributed by atoms with Crippen LogP contribution < -0.4 is 15.5 Å². The van der Waals surface area contributed by atoms with Crippen molar-refractivity contribution in [2.75, 3.05) is 43.4 Å². The summed E-state index contributed by atoms with van der Waals surface area (Å²) < 4.78 is 0. The number of anilines is 3. The lowest BCUT2D eigenvalue weighted by molar-refractivity contribution is 0.0938. The van der Waals surface area contributed by atoms with Crippen molar-refractivity contribution in [3.8, 4) is 10.4 Å². The van der Waals surface area contributed by atoms with Gasteiger partial charge in [0.1, 0.15) is 5.82 Å². The van der Waals surface area contributed by atoms with E-state index >= 15 is 0 Å². The Bertz CT molecular complexity index is 1100. The highest BCUT2D eigenvalue weighted by Crippen LogP contribution is 2.31. The van der Waals surface area contributed by atoms with E-state index in [2.05, 4.69) is 49.6 Å². The number of carbonyl (C=O) groups excluding carboxylic acids is 1. The number of benzene rings is 1. The lowest BCUT2D eigenvalue weighted by Crippen LogP contribution is -2.44. The number of amides is 1. The van der Waals surface area contributed by atoms with Crippen molar-refractivity contribution in [3.63, 3.8) is 0 Å². The maximum Gasteiger partial charge on any atom is 0.251 e. The number of hydrogen-bond donors (Lipinski definition) is 2. The zero-order valence-electron chi connectivity index (χ0n) is 19.0. The highest BCUT2D eigenvalue weighted by molar-refractivity contribution is 7.18. The van der Waals surface area contributed by atoms with Gasteiger partial charge >= 0.3 is 0 Å². The van der Waals surface area contributed by atoms with E-state index in [-0.39, 0.29) is 5.91 Å². The van der Waals surface area contributed by atoms with Gasteiger partial charge in [0.05, 0.1) is 4.88 Å². The molecule has 1 aliphatic heterocycles. The van der Waals surface area contributed by atoms with Crippen molar-refractivity contribution in [3.05, 3.63) is 54.4 Å². The Morgan fingerprint density at radius 1 is 1.06 bits per heavy atom. The van der Waals surface area contributed by atoms with E-state index in [1.165, 1.54) is 18.5 Å². The second-order valence-corrected chi connectivity index (χ2v) is 9.91. The third kappa shape index (κ3) is 5.34. The van der Waals surface area contributed by atoms with E-state index in [0.29, 0.717) is 11.6 Å². The number of piperazine rings is 1. The first kappa shape index (κ1) is 21.9. The molecule has 3 heterocycles. The zero-order valence-corrected chi connectivity index (χ0v) is 19.8. The number of rotatable bonds is 6. The first-order valence-corrected chi connectivity index (χ1v) is 12.5. The number of likely N-dealkylation sites (N-methyl/N-ethyl adjacent to an activating group) is 1. The Kier molecular flexibility index (Phi) is 6.55. The van der Waals surface area contributed by atoms with Gasteiger partial charge in [0.25, 0.3) is 5.91 Å². The van der Waals surface area contributed by atoms with Crippen LogP contribution in [0.3, 0.4) is 0 Å². The number of thiazole rings is 1. The second kappa shape index (κ2) is 9.89. The number of carbonyl (C=O) groups is 1. The molecular formula is C25H30N6OS. The van der Waals surface area contributed by atoms with Crippen LogP contribution in [0.1, 0.15) is 36.0 Å². The summed E-state index contributed by atoms with van der Waals surface area (Å²) in [7, 11) is 2.16. The molecule has 2 N–H and O–H groups in total. The molecule has 0 unspecified atom stereocenters. The Labute approximate surface area is 198 Å². The Balaban J connectivity index is 1.26. The molecule has 8 heteroatoms. The van der Waals surface area contributed by atoms with Gasteiger partial charge in [-0.25, -0.2) is 9.97 Å². The van der Waals surface area contributed by atoms with E-state index in [1.54, 1.807) is 11.3 Å². The van der Waals surface area contributed by atoms with Crippen molar-refractivity contribution in [2.24, 2.45) is 0 Å². The molecule has 2 fully saturated rings. The molecule has 0 radical (unpaired) electrons. The molecule has 172 valence electrons. The van der Waals surface area contributed by atoms with Gasteiger partial charge in [0.15, 0.2) is 5.13 Å². The van der Waals surface area contributed by atoms with Crippen molar-refractivity contribution < 1.29 is 4.79 Å². The fourth-order valence-corrected chi connectivity index (χ4v) is 5.30. The van der Waals surface area contributed by atoms with E-state index < -0.39 is 0 Å². The second-order valence-electron chi connectivity index (χ2n) is 8.88. The molecule has 0 spiro atoms. The Morgan fingerprint density at radius 3 is 2.70 bits per heavy atom. The quantitative estimate of drug-likeness (QED) is 0.567. The molecule has 1 saturated heterocycles. The standard InChI is InChI=1S/C25H30N6OS/c1-30-11-13-31(14-12-30)21-9-10-26-23(16-21)29-25-27-17-22(33-25)18-5-4-6-19(15-18)24(32)28-20-7-2-3-8-20/h4-6,9-10,15-17,20H,2-3,7-8,11-14H2,1H3,(H,28,32)(H,26,27,29). The van der Waals surface area contributed by atoms with Gasteiger partial charge in [-0.1, -0.05) is 36.3 Å². The van der Waals surface area contributed by atoms with Crippen LogP contribution in [0.15, 0.2) is 48.8 Å². The number of hydrogen-bond acceptors (Lipinski definition) is 7. The predicted molar refractivity (Wildman–Crippen MR) is 135 cm³/mol. The van der Waals surface area contributed by atoms with Gasteiger partial charge in [-0.15, -0.1) is 0 Å². The van der Waals surface area contributed by atoms with Gasteiger partial charge in [-0.3, -0.25) is 4.79 Å². The van der Waals surface area contributed by atoms with Gasteiger partial charge in [0, 0.05) is 61.9 Å². The van der Waals surface area contributed by atoms with Crippen molar-refractivity contribution in [1.29, 1.82) is 0 Å². The fraction of sp³-hybridized carbons (Fsp3) is 0.400. The molecular weight excluding hydrogens is 432 g/mol. The summed E-state index contributed by atoms with van der Waals surface area (Å²) in [6.45, 7) is 4.18. The van der Waals surface area contributed by atoms with Crippen molar-refractivity contribution >= 4 is 33.9 Å². The average Bonchev–Trinajstić information content (AvgIpc) is 3.52. The molecule has 5 rings (SSSR count). The maximum atomic E-state index is 12.7. The summed E-state index contributed by atoms with van der Waals surface area (Å²) in [4.78, 5) is 27.4. The molecule has 1 saturated carbocycles. The minimum atomic E-state index is 0.0107. The van der Waals surface area contributed by atoms with Crippen LogP contribution in [0.2, 0.25) is 0 Å². The van der Waals surface area contributed by atoms with Crippen LogP contribution in [0.5, 0.6) is 0 Å². The maximum absolute atomic E-state index is 12.7. The fourth-order valence-electron chi connectivity index (χ4n) is 4.48. The third-order valence-corrected chi connectivity index (χ3v) is 7.41. The number of nitrogens with zero attached hydrogens (tertiary/aromatic N) is 4. The minimum absolute atomic E-state index is 0.0107. The summed E-state index contributed by atoms with van der Waals surface area (Å²) in [5.41, 5.74) is 2.88. The first-order chi connectivity index (χ1) is 16.1. The van der Waals surface area contributed by atoms with Crippen LogP contribution >= 0.6 is 11.3 Å². The normalized spacial score (nSPS) is 17.3. The smallest absolute Gasteiger partial charge is 0.251 e. The highest BCUT2D eigenvalue weighted by atomic mass is 32.1. The predicted octanol–water partition coefficient (Wildman–Crippen LogP) is 4.37. The summed E-state index contributed by atoms with van der Waals surface area (Å²) in [6.07, 6.45) is 8.27. The summed E-state index contributed by atoms with van der Waals surface area (Å²) in [6, 6.07) is 12.2. The molecule has 2 aromatic heterocycles. The minimum Gasteiger partial charge on any atom is -0.369 e. The van der Waals surface area contributed by atoms with E-state index in [1.807, 2.05) is 36.7 Å². The third-order valence-electron chi connectivity index (χ3n) is 6.45. The van der Waals surface area contributed by atoms with Crippen LogP contribution in [0.4, 0.5) is 16.6 Å². The molecule has 33 heavy (non-hydrogen) atoms. The van der Waals surface area contributed by atoms with Crippen LogP contribution in [0.25, 0.3) is 10.4 Å². The largest absolute Gasteiger partial charge is 0.369 e. The van der Waals surface area contributed by atoms with Crippen LogP contribution in [-0.4, -0.2) is 60.0 Å². The van der Waals surface area contributed by atoms with Gasteiger partial charge in [-0.05, 0) is 43.7 Å². The van der Waals surface area contributed by atoms with Gasteiger partial charge < -0.3 is 20.4 Å². The Morgan fingerprint density at radius 2 is 1.88 bits per heavy atom. The molecule has 1 amide bonds. The average molecular weight is 463 g/mol. The SMILES string of the molecule is CN1CCN(c2ccnc(Nc3ncc(-c4cccc(C(=O)NC5CCCC5)c4)s3)c2)CC1. The van der Waals surface area contributed by atoms with Gasteiger partial charge in [0.2, 0.25) is 0 Å². The summed E-state index contributed by atoms with van der Waals surface area (Å²) >= 11 is 1.56. The molecule has 0 atom stereocenters. The van der Waals surface area contributed by atoms with Crippen molar-refractivity contribution in [2.45, 2.75) is 31.7 Å². The number of nitrogens with one attached hydrogen (secondary N) is 2. The molecule has 2 aliphatic rings. The highest BCUT2D eigenvalue weighted by Gasteiger charge is 2.19. The molecule has 0 bridgehead atoms. The monoisotopic (exact) mass is 462 g/mol. The summed E-state index contributed by atoms with van der Waals surface area (Å²) in [5.74, 6) is 0.800. The molecule has 3 aromatic rings. The zero-order chi connectivity index (χ0) is 22.6. The molecule has 7 nitrogen and oxygen atoms in total. The lowest BCUT2D eigenvalue weighted by atomic mass is 10.1. The number of aromatic nitrogens is 2. The van der Waals surface area contributed by atoms with E-state index in [4.69, 9.17) is 0 Å². The topological polar surface area (TPSA) is 73.4 Å². The Hall–Kier alpha value is -2.97. The van der Waals surface area contributed by atoms with E-state index in [9.17, 15) is 4.79 Å². The lowest BCUT2D eigenvalue weighted by Gasteiger charge is -2.34. The van der Waals surface area contributed by atoms with Crippen molar-refractivity contribution in [1.82, 2.24) is 20.2 Å². The van der Waals surface area contributed by atoms with Crippen LogP contribution in [0, 0.1) is 0 Å². The van der Waals surface area contributed by atoms with Gasteiger partial charge in [-0.2, -0.15) is 0 Å². The molecule has 1 aromatic carbocycles. The summed E-state index contributed by atoms with van der Waals surface area (Å²) in [5, 5.41) is 7.30. The first-order valence-electron chi connectivity index (χ1n) is 11.7.